The van der Waals surface area contributed by atoms with Crippen LogP contribution in [0.2, 0.25) is 0 Å². The van der Waals surface area contributed by atoms with Crippen LogP contribution in [0.3, 0.4) is 0 Å². The highest BCUT2D eigenvalue weighted by Crippen LogP contribution is 2.37. The average Bonchev–Trinajstić information content (AvgIpc) is 2.51. The Bertz CT molecular complexity index is 292. The molecular weight excluding hydrogens is 174 g/mol. The number of rotatable bonds is 4. The minimum Gasteiger partial charge on any atom is -0.317 e. The van der Waals surface area contributed by atoms with E-state index in [9.17, 15) is 0 Å². The highest BCUT2D eigenvalue weighted by Gasteiger charge is 2.32. The van der Waals surface area contributed by atoms with E-state index in [1.54, 1.807) is 0 Å². The van der Waals surface area contributed by atoms with E-state index >= 15 is 0 Å². The molecule has 1 fully saturated rings. The van der Waals surface area contributed by atoms with E-state index in [1.165, 1.54) is 18.4 Å². The molecule has 1 saturated carbocycles. The average molecular weight is 193 g/mol. The zero-order valence-electron chi connectivity index (χ0n) is 9.03. The molecule has 2 rings (SSSR count). The third kappa shape index (κ3) is 1.82. The summed E-state index contributed by atoms with van der Waals surface area (Å²) >= 11 is 0. The summed E-state index contributed by atoms with van der Waals surface area (Å²) in [4.78, 5) is 0. The molecule has 0 saturated heterocycles. The van der Waals surface area contributed by atoms with E-state index in [2.05, 4.69) is 35.1 Å². The summed E-state index contributed by atoms with van der Waals surface area (Å²) in [6.07, 6.45) is 6.74. The van der Waals surface area contributed by atoms with Crippen LogP contribution in [0.5, 0.6) is 0 Å². The number of hydrogen-bond acceptors (Lipinski definition) is 2. The number of aryl methyl sites for hydroxylation is 1. The molecule has 3 nitrogen and oxygen atoms in total. The predicted octanol–water partition coefficient (Wildman–Crippen LogP) is 1.75. The Kier molecular flexibility index (Phi) is 2.87. The summed E-state index contributed by atoms with van der Waals surface area (Å²) in [6, 6.07) is 0.641. The van der Waals surface area contributed by atoms with Gasteiger partial charge in [0.1, 0.15) is 0 Å². The van der Waals surface area contributed by atoms with E-state index in [0.717, 1.165) is 19.0 Å². The fourth-order valence-electron chi connectivity index (χ4n) is 2.08. The van der Waals surface area contributed by atoms with Gasteiger partial charge in [-0.25, -0.2) is 0 Å². The van der Waals surface area contributed by atoms with Gasteiger partial charge in [-0.05, 0) is 44.3 Å². The molecule has 0 aliphatic heterocycles. The smallest absolute Gasteiger partial charge is 0.0559 e. The standard InChI is InChI=1S/C11H19N3/c1-3-12-7-10-4-5-11(10)14-8-9(2)6-13-14/h6,8,10-12H,3-5,7H2,1-2H3. The van der Waals surface area contributed by atoms with Crippen molar-refractivity contribution in [1.29, 1.82) is 0 Å². The topological polar surface area (TPSA) is 29.9 Å². The monoisotopic (exact) mass is 193 g/mol. The van der Waals surface area contributed by atoms with E-state index < -0.39 is 0 Å². The van der Waals surface area contributed by atoms with Crippen molar-refractivity contribution in [3.8, 4) is 0 Å². The molecule has 2 atom stereocenters. The van der Waals surface area contributed by atoms with Crippen LogP contribution < -0.4 is 5.32 Å². The molecule has 78 valence electrons. The lowest BCUT2D eigenvalue weighted by molar-refractivity contribution is 0.164. The molecule has 0 aromatic carbocycles. The van der Waals surface area contributed by atoms with Gasteiger partial charge in [0.15, 0.2) is 0 Å². The first-order chi connectivity index (χ1) is 6.81. The predicted molar refractivity (Wildman–Crippen MR) is 57.3 cm³/mol. The van der Waals surface area contributed by atoms with Crippen molar-refractivity contribution in [3.05, 3.63) is 18.0 Å². The molecule has 2 unspecified atom stereocenters. The van der Waals surface area contributed by atoms with Gasteiger partial charge in [-0.2, -0.15) is 5.10 Å². The molecule has 1 aromatic heterocycles. The molecule has 0 radical (unpaired) electrons. The molecule has 1 heterocycles. The number of aromatic nitrogens is 2. The minimum absolute atomic E-state index is 0.641. The normalized spacial score (nSPS) is 26.1. The van der Waals surface area contributed by atoms with Gasteiger partial charge in [-0.15, -0.1) is 0 Å². The lowest BCUT2D eigenvalue weighted by atomic mass is 9.79. The maximum atomic E-state index is 4.38. The molecule has 1 aromatic rings. The summed E-state index contributed by atoms with van der Waals surface area (Å²) in [5.74, 6) is 0.786. The van der Waals surface area contributed by atoms with Gasteiger partial charge >= 0.3 is 0 Å². The Hall–Kier alpha value is -0.830. The first kappa shape index (κ1) is 9.71. The lowest BCUT2D eigenvalue weighted by Gasteiger charge is -2.36. The Morgan fingerprint density at radius 2 is 2.43 bits per heavy atom. The second kappa shape index (κ2) is 4.13. The summed E-state index contributed by atoms with van der Waals surface area (Å²) in [6.45, 7) is 6.47. The van der Waals surface area contributed by atoms with Crippen molar-refractivity contribution < 1.29 is 0 Å². The zero-order valence-corrected chi connectivity index (χ0v) is 9.03. The maximum Gasteiger partial charge on any atom is 0.0559 e. The minimum atomic E-state index is 0.641. The maximum absolute atomic E-state index is 4.38. The molecular formula is C11H19N3. The van der Waals surface area contributed by atoms with Crippen LogP contribution in [0, 0.1) is 12.8 Å². The van der Waals surface area contributed by atoms with Crippen LogP contribution in [0.15, 0.2) is 12.4 Å². The highest BCUT2D eigenvalue weighted by molar-refractivity contribution is 5.02. The molecule has 1 aliphatic carbocycles. The molecule has 1 N–H and O–H groups in total. The SMILES string of the molecule is CCNCC1CCC1n1cc(C)cn1. The van der Waals surface area contributed by atoms with Crippen LogP contribution in [0.25, 0.3) is 0 Å². The second-order valence-corrected chi connectivity index (χ2v) is 4.21. The van der Waals surface area contributed by atoms with Crippen molar-refractivity contribution in [1.82, 2.24) is 15.1 Å². The van der Waals surface area contributed by atoms with E-state index in [4.69, 9.17) is 0 Å². The van der Waals surface area contributed by atoms with Crippen molar-refractivity contribution in [2.75, 3.05) is 13.1 Å². The summed E-state index contributed by atoms with van der Waals surface area (Å²) in [7, 11) is 0. The first-order valence-corrected chi connectivity index (χ1v) is 5.52. The Balaban J connectivity index is 1.92. The quantitative estimate of drug-likeness (QED) is 0.789. The molecule has 0 bridgehead atoms. The first-order valence-electron chi connectivity index (χ1n) is 5.52. The van der Waals surface area contributed by atoms with Crippen molar-refractivity contribution >= 4 is 0 Å². The third-order valence-corrected chi connectivity index (χ3v) is 3.10. The van der Waals surface area contributed by atoms with Crippen LogP contribution in [-0.4, -0.2) is 22.9 Å². The summed E-state index contributed by atoms with van der Waals surface area (Å²) in [5.41, 5.74) is 1.26. The summed E-state index contributed by atoms with van der Waals surface area (Å²) in [5, 5.41) is 7.80. The lowest BCUT2D eigenvalue weighted by Crippen LogP contribution is -2.37. The van der Waals surface area contributed by atoms with Gasteiger partial charge in [0.25, 0.3) is 0 Å². The van der Waals surface area contributed by atoms with Gasteiger partial charge < -0.3 is 5.32 Å². The zero-order chi connectivity index (χ0) is 9.97. The third-order valence-electron chi connectivity index (χ3n) is 3.10. The largest absolute Gasteiger partial charge is 0.317 e. The van der Waals surface area contributed by atoms with Gasteiger partial charge in [0.05, 0.1) is 12.2 Å². The van der Waals surface area contributed by atoms with Gasteiger partial charge in [0.2, 0.25) is 0 Å². The number of nitrogens with zero attached hydrogens (tertiary/aromatic N) is 2. The summed E-state index contributed by atoms with van der Waals surface area (Å²) < 4.78 is 2.14. The van der Waals surface area contributed by atoms with Crippen molar-refractivity contribution in [2.45, 2.75) is 32.7 Å². The van der Waals surface area contributed by atoms with Crippen LogP contribution in [-0.2, 0) is 0 Å². The van der Waals surface area contributed by atoms with Crippen LogP contribution >= 0.6 is 0 Å². The fourth-order valence-corrected chi connectivity index (χ4v) is 2.08. The highest BCUT2D eigenvalue weighted by atomic mass is 15.3. The molecule has 0 spiro atoms. The van der Waals surface area contributed by atoms with Gasteiger partial charge in [-0.1, -0.05) is 6.92 Å². The molecule has 14 heavy (non-hydrogen) atoms. The Morgan fingerprint density at radius 3 is 2.93 bits per heavy atom. The van der Waals surface area contributed by atoms with E-state index in [0.29, 0.717) is 6.04 Å². The second-order valence-electron chi connectivity index (χ2n) is 4.21. The Labute approximate surface area is 85.5 Å². The van der Waals surface area contributed by atoms with Crippen molar-refractivity contribution in [3.63, 3.8) is 0 Å². The Morgan fingerprint density at radius 1 is 1.57 bits per heavy atom. The van der Waals surface area contributed by atoms with Crippen LogP contribution in [0.4, 0.5) is 0 Å². The van der Waals surface area contributed by atoms with Gasteiger partial charge in [0, 0.05) is 6.20 Å². The van der Waals surface area contributed by atoms with Crippen LogP contribution in [0.1, 0.15) is 31.4 Å². The number of nitrogens with one attached hydrogen (secondary N) is 1. The molecule has 3 heteroatoms. The van der Waals surface area contributed by atoms with Gasteiger partial charge in [-0.3, -0.25) is 4.68 Å². The molecule has 0 amide bonds. The van der Waals surface area contributed by atoms with E-state index in [1.807, 2.05) is 6.20 Å². The van der Waals surface area contributed by atoms with Crippen molar-refractivity contribution in [2.24, 2.45) is 5.92 Å². The fraction of sp³-hybridized carbons (Fsp3) is 0.727. The van der Waals surface area contributed by atoms with E-state index in [-0.39, 0.29) is 0 Å². The molecule has 1 aliphatic rings. The number of hydrogen-bond donors (Lipinski definition) is 1.